The van der Waals surface area contributed by atoms with Gasteiger partial charge >= 0.3 is 0 Å². The Morgan fingerprint density at radius 3 is 0.940 bits per heavy atom. The molecule has 0 fully saturated rings. The summed E-state index contributed by atoms with van der Waals surface area (Å²) < 4.78 is 15.0. The van der Waals surface area contributed by atoms with Crippen LogP contribution in [0.15, 0.2) is 255 Å². The lowest BCUT2D eigenvalue weighted by Gasteiger charge is -2.13. The van der Waals surface area contributed by atoms with Crippen molar-refractivity contribution in [1.29, 1.82) is 0 Å². The van der Waals surface area contributed by atoms with Crippen LogP contribution in [0.2, 0.25) is 0 Å². The van der Waals surface area contributed by atoms with Crippen molar-refractivity contribution in [2.75, 3.05) is 0 Å². The van der Waals surface area contributed by atoms with Crippen molar-refractivity contribution in [2.45, 2.75) is 0 Å². The standard InChI is InChI=1S/C75H42N6S3/c1-7-22-55-49(16-1)67-58(36-39-64-70(67)52-19-4-10-25-61(52)82-64)79(55)46-32-28-43(29-33-46)73-76-74(44-30-34-47(35-31-44)80-56-23-8-2-17-50(56)68-59(80)37-40-65-71(68)53-20-5-11-26-62(53)83-65)78-75(77-73)45-14-13-15-48(42-45)81-57-24-9-3-18-51(57)69-60(81)38-41-66-72(69)54-21-6-12-27-63(54)84-66/h1-42H. The van der Waals surface area contributed by atoms with Crippen LogP contribution in [0.1, 0.15) is 0 Å². The predicted molar refractivity (Wildman–Crippen MR) is 358 cm³/mol. The number of hydrogen-bond donors (Lipinski definition) is 0. The van der Waals surface area contributed by atoms with E-state index in [0.717, 1.165) is 44.8 Å². The van der Waals surface area contributed by atoms with E-state index < -0.39 is 0 Å². The van der Waals surface area contributed by atoms with Gasteiger partial charge in [0.1, 0.15) is 0 Å². The van der Waals surface area contributed by atoms with Gasteiger partial charge in [0.25, 0.3) is 0 Å². The molecule has 0 bridgehead atoms. The highest BCUT2D eigenvalue weighted by molar-refractivity contribution is 7.26. The van der Waals surface area contributed by atoms with Crippen LogP contribution in [0.5, 0.6) is 0 Å². The van der Waals surface area contributed by atoms with E-state index in [2.05, 4.69) is 268 Å². The zero-order chi connectivity index (χ0) is 54.7. The number of hydrogen-bond acceptors (Lipinski definition) is 6. The van der Waals surface area contributed by atoms with Crippen molar-refractivity contribution < 1.29 is 0 Å². The highest BCUT2D eigenvalue weighted by Gasteiger charge is 2.23. The first-order valence-electron chi connectivity index (χ1n) is 28.2. The fourth-order valence-electron chi connectivity index (χ4n) is 13.7. The van der Waals surface area contributed by atoms with E-state index in [4.69, 9.17) is 15.0 Å². The van der Waals surface area contributed by atoms with Gasteiger partial charge in [-0.3, -0.25) is 0 Å². The normalized spacial score (nSPS) is 12.3. The van der Waals surface area contributed by atoms with Gasteiger partial charge in [0.2, 0.25) is 0 Å². The van der Waals surface area contributed by atoms with Gasteiger partial charge in [-0.1, -0.05) is 121 Å². The number of benzene rings is 12. The summed E-state index contributed by atoms with van der Waals surface area (Å²) in [5.74, 6) is 1.80. The largest absolute Gasteiger partial charge is 0.309 e. The highest BCUT2D eigenvalue weighted by Crippen LogP contribution is 2.47. The molecule has 390 valence electrons. The van der Waals surface area contributed by atoms with Gasteiger partial charge in [0, 0.05) is 127 Å². The summed E-state index contributed by atoms with van der Waals surface area (Å²) in [6, 6.07) is 92.7. The van der Waals surface area contributed by atoms with Crippen molar-refractivity contribution >= 4 is 160 Å². The summed E-state index contributed by atoms with van der Waals surface area (Å²) in [4.78, 5) is 16.2. The van der Waals surface area contributed by atoms with Gasteiger partial charge < -0.3 is 13.7 Å². The summed E-state index contributed by atoms with van der Waals surface area (Å²) in [7, 11) is 0. The third-order valence-corrected chi connectivity index (χ3v) is 20.7. The molecule has 0 saturated carbocycles. The number of nitrogens with zero attached hydrogens (tertiary/aromatic N) is 6. The number of para-hydroxylation sites is 3. The van der Waals surface area contributed by atoms with Gasteiger partial charge in [-0.2, -0.15) is 0 Å². The Bertz CT molecular complexity index is 5740. The Morgan fingerprint density at radius 1 is 0.214 bits per heavy atom. The van der Waals surface area contributed by atoms with Crippen LogP contribution in [-0.4, -0.2) is 28.7 Å². The summed E-state index contributed by atoms with van der Waals surface area (Å²) in [6.45, 7) is 0. The minimum absolute atomic E-state index is 0.598. The van der Waals surface area contributed by atoms with Crippen LogP contribution >= 0.6 is 34.0 Å². The molecule has 0 aliphatic rings. The maximum absolute atomic E-state index is 5.39. The molecule has 0 atom stereocenters. The van der Waals surface area contributed by atoms with E-state index >= 15 is 0 Å². The smallest absolute Gasteiger partial charge is 0.164 e. The van der Waals surface area contributed by atoms with Crippen molar-refractivity contribution in [1.82, 2.24) is 28.7 Å². The monoisotopic (exact) mass is 1120 g/mol. The molecule has 0 aliphatic heterocycles. The van der Waals surface area contributed by atoms with E-state index in [1.807, 2.05) is 34.0 Å². The van der Waals surface area contributed by atoms with E-state index in [0.29, 0.717) is 17.5 Å². The predicted octanol–water partition coefficient (Wildman–Crippen LogP) is 21.3. The van der Waals surface area contributed by atoms with Crippen molar-refractivity contribution in [3.63, 3.8) is 0 Å². The zero-order valence-corrected chi connectivity index (χ0v) is 47.1. The van der Waals surface area contributed by atoms with E-state index in [1.165, 1.54) is 115 Å². The SMILES string of the molecule is c1cc(-c2nc(-c3ccc(-n4c5ccccc5c5c6c(ccc54)sc4ccccc46)cc3)nc(-c3ccc(-n4c5ccccc5c5c6c(ccc54)sc4ccccc46)cc3)n2)cc(-n2c3ccccc3c3c4c(ccc32)sc2ccccc24)c1. The average molecular weight is 1120 g/mol. The van der Waals surface area contributed by atoms with Crippen LogP contribution in [0.3, 0.4) is 0 Å². The number of rotatable bonds is 6. The van der Waals surface area contributed by atoms with Crippen LogP contribution in [0, 0.1) is 0 Å². The van der Waals surface area contributed by atoms with Gasteiger partial charge in [-0.25, -0.2) is 15.0 Å². The second-order valence-corrected chi connectivity index (χ2v) is 25.1. The van der Waals surface area contributed by atoms with E-state index in [-0.39, 0.29) is 0 Å². The first-order valence-corrected chi connectivity index (χ1v) is 30.7. The van der Waals surface area contributed by atoms with E-state index in [9.17, 15) is 0 Å². The lowest BCUT2D eigenvalue weighted by Crippen LogP contribution is -2.02. The maximum atomic E-state index is 5.39. The molecule has 0 amide bonds. The molecule has 7 aromatic heterocycles. The molecule has 19 aromatic rings. The first-order chi connectivity index (χ1) is 41.6. The quantitative estimate of drug-likeness (QED) is 0.167. The third-order valence-electron chi connectivity index (χ3n) is 17.3. The lowest BCUT2D eigenvalue weighted by atomic mass is 10.1. The van der Waals surface area contributed by atoms with Gasteiger partial charge in [-0.15, -0.1) is 34.0 Å². The number of fused-ring (bicyclic) bond motifs is 21. The molecule has 0 unspecified atom stereocenters. The summed E-state index contributed by atoms with van der Waals surface area (Å²) in [6.07, 6.45) is 0. The fourth-order valence-corrected chi connectivity index (χ4v) is 17.1. The number of aromatic nitrogens is 6. The lowest BCUT2D eigenvalue weighted by molar-refractivity contribution is 1.07. The van der Waals surface area contributed by atoms with Crippen molar-refractivity contribution in [2.24, 2.45) is 0 Å². The summed E-state index contributed by atoms with van der Waals surface area (Å²) >= 11 is 5.58. The van der Waals surface area contributed by atoms with Crippen molar-refractivity contribution in [3.8, 4) is 51.2 Å². The minimum Gasteiger partial charge on any atom is -0.309 e. The average Bonchev–Trinajstić information content (AvgIpc) is 3.78. The van der Waals surface area contributed by atoms with Gasteiger partial charge in [0.05, 0.1) is 33.1 Å². The molecular formula is C75H42N6S3. The summed E-state index contributed by atoms with van der Waals surface area (Å²) in [5, 5.41) is 15.4. The molecule has 0 radical (unpaired) electrons. The first kappa shape index (κ1) is 46.3. The van der Waals surface area contributed by atoms with Crippen LogP contribution < -0.4 is 0 Å². The Hall–Kier alpha value is -10.3. The zero-order valence-electron chi connectivity index (χ0n) is 44.7. The molecular weight excluding hydrogens is 1080 g/mol. The topological polar surface area (TPSA) is 53.5 Å². The van der Waals surface area contributed by atoms with Crippen molar-refractivity contribution in [3.05, 3.63) is 255 Å². The minimum atomic E-state index is 0.598. The van der Waals surface area contributed by atoms with Crippen LogP contribution in [0.25, 0.3) is 177 Å². The molecule has 12 aromatic carbocycles. The highest BCUT2D eigenvalue weighted by atomic mass is 32.1. The molecule has 0 spiro atoms. The van der Waals surface area contributed by atoms with Crippen LogP contribution in [-0.2, 0) is 0 Å². The molecule has 7 heterocycles. The molecule has 6 nitrogen and oxygen atoms in total. The molecule has 0 aliphatic carbocycles. The molecule has 19 rings (SSSR count). The Kier molecular flexibility index (Phi) is 9.71. The summed E-state index contributed by atoms with van der Waals surface area (Å²) in [5.41, 5.74) is 12.9. The maximum Gasteiger partial charge on any atom is 0.164 e. The molecule has 9 heteroatoms. The molecule has 0 saturated heterocycles. The third kappa shape index (κ3) is 6.62. The van der Waals surface area contributed by atoms with E-state index in [1.54, 1.807) is 0 Å². The second-order valence-electron chi connectivity index (χ2n) is 21.8. The number of thiophene rings is 3. The fraction of sp³-hybridized carbons (Fsp3) is 0. The molecule has 0 N–H and O–H groups in total. The molecule has 84 heavy (non-hydrogen) atoms. The Morgan fingerprint density at radius 2 is 0.548 bits per heavy atom. The van der Waals surface area contributed by atoms with Gasteiger partial charge in [-0.05, 0) is 133 Å². The van der Waals surface area contributed by atoms with Crippen LogP contribution in [0.4, 0.5) is 0 Å². The Balaban J connectivity index is 0.778. The van der Waals surface area contributed by atoms with Gasteiger partial charge in [0.15, 0.2) is 17.5 Å². The Labute approximate surface area is 491 Å². The second kappa shape index (κ2) is 17.6.